The Morgan fingerprint density at radius 3 is 1.93 bits per heavy atom. The van der Waals surface area contributed by atoms with E-state index >= 15 is 0 Å². The van der Waals surface area contributed by atoms with E-state index in [1.807, 2.05) is 74.8 Å². The summed E-state index contributed by atoms with van der Waals surface area (Å²) in [6, 6.07) is 19.7. The van der Waals surface area contributed by atoms with Gasteiger partial charge in [-0.05, 0) is 45.0 Å². The summed E-state index contributed by atoms with van der Waals surface area (Å²) in [7, 11) is 3.99. The van der Waals surface area contributed by atoms with Crippen LogP contribution < -0.4 is 0 Å². The van der Waals surface area contributed by atoms with E-state index in [-0.39, 0.29) is 24.9 Å². The SMILES string of the molecule is Cl.[2H]C([2H])([2H])C[C@H](OC(C)=O)C(C[C@@H](C)N(C)C)(c1ccccc1)c1ccccc1. The van der Waals surface area contributed by atoms with Crippen LogP contribution in [-0.2, 0) is 14.9 Å². The number of rotatable bonds is 8. The van der Waals surface area contributed by atoms with Crippen LogP contribution in [0.3, 0.4) is 0 Å². The molecule has 0 aliphatic heterocycles. The second-order valence-electron chi connectivity index (χ2n) is 7.02. The Kier molecular flexibility index (Phi) is 7.19. The summed E-state index contributed by atoms with van der Waals surface area (Å²) in [5.41, 5.74) is 1.08. The van der Waals surface area contributed by atoms with E-state index in [4.69, 9.17) is 8.85 Å². The molecule has 0 N–H and O–H groups in total. The van der Waals surface area contributed by atoms with Gasteiger partial charge in [-0.2, -0.15) is 0 Å². The number of carbonyl (C=O) groups excluding carboxylic acids is 1. The number of halogens is 1. The van der Waals surface area contributed by atoms with Crippen LogP contribution in [0.15, 0.2) is 60.7 Å². The predicted molar refractivity (Wildman–Crippen MR) is 115 cm³/mol. The first-order valence-corrected chi connectivity index (χ1v) is 9.01. The summed E-state index contributed by atoms with van der Waals surface area (Å²) in [5, 5.41) is 0. The van der Waals surface area contributed by atoms with Crippen molar-refractivity contribution in [1.82, 2.24) is 4.90 Å². The zero-order valence-electron chi connectivity index (χ0n) is 19.5. The smallest absolute Gasteiger partial charge is 0.302 e. The largest absolute Gasteiger partial charge is 0.461 e. The molecule has 0 unspecified atom stereocenters. The summed E-state index contributed by atoms with van der Waals surface area (Å²) in [5.74, 6) is -0.479. The Labute approximate surface area is 174 Å². The van der Waals surface area contributed by atoms with Crippen LogP contribution in [0.1, 0.15) is 48.8 Å². The van der Waals surface area contributed by atoms with Crippen molar-refractivity contribution in [1.29, 1.82) is 0 Å². The van der Waals surface area contributed by atoms with Crippen LogP contribution >= 0.6 is 12.4 Å². The van der Waals surface area contributed by atoms with Gasteiger partial charge in [0, 0.05) is 17.1 Å². The minimum atomic E-state index is -2.24. The van der Waals surface area contributed by atoms with Crippen LogP contribution in [0.5, 0.6) is 0 Å². The summed E-state index contributed by atoms with van der Waals surface area (Å²) in [6.07, 6.45) is -0.460. The molecule has 2 aromatic rings. The van der Waals surface area contributed by atoms with Crippen LogP contribution in [-0.4, -0.2) is 37.1 Å². The average molecular weight is 393 g/mol. The lowest BCUT2D eigenvalue weighted by atomic mass is 9.66. The lowest BCUT2D eigenvalue weighted by Gasteiger charge is -2.43. The van der Waals surface area contributed by atoms with Gasteiger partial charge in [0.2, 0.25) is 0 Å². The first kappa shape index (κ1) is 18.5. The lowest BCUT2D eigenvalue weighted by molar-refractivity contribution is -0.150. The molecular formula is C23H32ClNO2. The van der Waals surface area contributed by atoms with Crippen molar-refractivity contribution >= 4 is 18.4 Å². The van der Waals surface area contributed by atoms with Crippen molar-refractivity contribution in [2.75, 3.05) is 14.1 Å². The molecule has 2 atom stereocenters. The standard InChI is InChI=1S/C23H31NO2.ClH/c1-6-22(26-19(3)25)23(17-18(2)24(4)5,20-13-9-7-10-14-20)21-15-11-8-12-16-21;/h7-16,18,22H,6,17H2,1-5H3;1H/t18-,22+;/m1./s1/i1D3;. The number of hydrogen-bond donors (Lipinski definition) is 0. The summed E-state index contributed by atoms with van der Waals surface area (Å²) in [4.78, 5) is 14.2. The molecule has 0 aliphatic carbocycles. The Bertz CT molecular complexity index is 743. The van der Waals surface area contributed by atoms with E-state index in [1.54, 1.807) is 0 Å². The highest BCUT2D eigenvalue weighted by atomic mass is 35.5. The Morgan fingerprint density at radius 2 is 1.56 bits per heavy atom. The van der Waals surface area contributed by atoms with Gasteiger partial charge in [-0.3, -0.25) is 4.79 Å². The molecule has 3 nitrogen and oxygen atoms in total. The van der Waals surface area contributed by atoms with E-state index in [0.29, 0.717) is 6.42 Å². The molecule has 0 aliphatic rings. The molecule has 0 heterocycles. The lowest BCUT2D eigenvalue weighted by Crippen LogP contribution is -2.47. The zero-order chi connectivity index (χ0) is 21.7. The summed E-state index contributed by atoms with van der Waals surface area (Å²) < 4.78 is 29.5. The normalized spacial score (nSPS) is 15.7. The van der Waals surface area contributed by atoms with E-state index < -0.39 is 24.3 Å². The van der Waals surface area contributed by atoms with Crippen molar-refractivity contribution in [3.8, 4) is 0 Å². The van der Waals surface area contributed by atoms with Crippen molar-refractivity contribution in [3.05, 3.63) is 71.8 Å². The first-order valence-electron chi connectivity index (χ1n) is 10.5. The molecule has 2 aromatic carbocycles. The molecule has 0 saturated heterocycles. The van der Waals surface area contributed by atoms with Gasteiger partial charge in [-0.1, -0.05) is 67.5 Å². The quantitative estimate of drug-likeness (QED) is 0.587. The second-order valence-corrected chi connectivity index (χ2v) is 7.02. The highest BCUT2D eigenvalue weighted by molar-refractivity contribution is 5.85. The van der Waals surface area contributed by atoms with Gasteiger partial charge in [0.05, 0.1) is 5.41 Å². The van der Waals surface area contributed by atoms with E-state index in [2.05, 4.69) is 11.8 Å². The molecule has 0 aromatic heterocycles. The number of esters is 1. The van der Waals surface area contributed by atoms with Gasteiger partial charge < -0.3 is 9.64 Å². The predicted octanol–water partition coefficient (Wildman–Crippen LogP) is 5.08. The minimum absolute atomic E-state index is 0. The van der Waals surface area contributed by atoms with Crippen LogP contribution in [0.4, 0.5) is 0 Å². The van der Waals surface area contributed by atoms with Crippen LogP contribution in [0, 0.1) is 0 Å². The van der Waals surface area contributed by atoms with Gasteiger partial charge in [0.15, 0.2) is 0 Å². The molecule has 4 heteroatoms. The Morgan fingerprint density at radius 1 is 1.07 bits per heavy atom. The molecule has 0 bridgehead atoms. The third-order valence-corrected chi connectivity index (χ3v) is 5.12. The summed E-state index contributed by atoms with van der Waals surface area (Å²) >= 11 is 0. The maximum atomic E-state index is 12.1. The average Bonchev–Trinajstić information content (AvgIpc) is 2.65. The molecule has 0 saturated carbocycles. The topological polar surface area (TPSA) is 29.5 Å². The van der Waals surface area contributed by atoms with Crippen molar-refractivity contribution in [2.45, 2.75) is 51.1 Å². The van der Waals surface area contributed by atoms with Crippen molar-refractivity contribution in [2.24, 2.45) is 0 Å². The number of ether oxygens (including phenoxy) is 1. The first-order chi connectivity index (χ1) is 13.6. The molecule has 0 amide bonds. The Hall–Kier alpha value is -1.84. The van der Waals surface area contributed by atoms with Crippen molar-refractivity contribution < 1.29 is 13.6 Å². The monoisotopic (exact) mass is 392 g/mol. The number of hydrogen-bond acceptors (Lipinski definition) is 3. The molecule has 0 radical (unpaired) electrons. The third kappa shape index (κ3) is 5.33. The van der Waals surface area contributed by atoms with E-state index in [9.17, 15) is 4.79 Å². The molecule has 148 valence electrons. The Balaban J connectivity index is 0.00000450. The molecular weight excluding hydrogens is 358 g/mol. The zero-order valence-corrected chi connectivity index (χ0v) is 17.3. The van der Waals surface area contributed by atoms with Gasteiger partial charge in [-0.15, -0.1) is 12.4 Å². The summed E-state index contributed by atoms with van der Waals surface area (Å²) in [6.45, 7) is 1.19. The van der Waals surface area contributed by atoms with Crippen LogP contribution in [0.2, 0.25) is 0 Å². The molecule has 0 fully saturated rings. The third-order valence-electron chi connectivity index (χ3n) is 5.12. The fraction of sp³-hybridized carbons (Fsp3) is 0.435. The fourth-order valence-electron chi connectivity index (χ4n) is 3.54. The van der Waals surface area contributed by atoms with Gasteiger partial charge >= 0.3 is 5.97 Å². The number of nitrogens with zero attached hydrogens (tertiary/aromatic N) is 1. The highest BCUT2D eigenvalue weighted by Crippen LogP contribution is 2.43. The molecule has 2 rings (SSSR count). The maximum Gasteiger partial charge on any atom is 0.302 e. The molecule has 0 spiro atoms. The second kappa shape index (κ2) is 10.5. The van der Waals surface area contributed by atoms with Gasteiger partial charge in [0.1, 0.15) is 6.10 Å². The van der Waals surface area contributed by atoms with E-state index in [0.717, 1.165) is 11.1 Å². The molecule has 27 heavy (non-hydrogen) atoms. The maximum absolute atomic E-state index is 12.1. The fourth-order valence-corrected chi connectivity index (χ4v) is 3.54. The van der Waals surface area contributed by atoms with Gasteiger partial charge in [0.25, 0.3) is 0 Å². The highest BCUT2D eigenvalue weighted by Gasteiger charge is 2.44. The van der Waals surface area contributed by atoms with Crippen LogP contribution in [0.25, 0.3) is 0 Å². The van der Waals surface area contributed by atoms with Crippen molar-refractivity contribution in [3.63, 3.8) is 0 Å². The number of carbonyl (C=O) groups is 1. The number of benzene rings is 2. The van der Waals surface area contributed by atoms with E-state index in [1.165, 1.54) is 6.92 Å². The minimum Gasteiger partial charge on any atom is -0.461 e. The van der Waals surface area contributed by atoms with Gasteiger partial charge in [-0.25, -0.2) is 0 Å².